The third-order valence-corrected chi connectivity index (χ3v) is 1.26. The fourth-order valence-electron chi connectivity index (χ4n) is 0.782. The molecule has 0 amide bonds. The van der Waals surface area contributed by atoms with Gasteiger partial charge in [0.15, 0.2) is 6.20 Å². The van der Waals surface area contributed by atoms with Crippen molar-refractivity contribution in [2.75, 3.05) is 7.05 Å². The molecule has 54 valence electrons. The van der Waals surface area contributed by atoms with Gasteiger partial charge in [0.25, 0.3) is 0 Å². The molecule has 0 aliphatic carbocycles. The first-order valence-corrected chi connectivity index (χ1v) is 3.16. The predicted octanol–water partition coefficient (Wildman–Crippen LogP) is 0.0394. The van der Waals surface area contributed by atoms with Crippen LogP contribution in [0.1, 0.15) is 5.69 Å². The Labute approximate surface area is 59.9 Å². The molecule has 3 nitrogen and oxygen atoms in total. The number of aromatic nitrogens is 1. The Kier molecular flexibility index (Phi) is 2.23. The maximum atomic E-state index is 10.9. The van der Waals surface area contributed by atoms with Crippen LogP contribution < -0.4 is 10.0 Å². The molecule has 1 N–H and O–H groups in total. The van der Waals surface area contributed by atoms with Gasteiger partial charge in [-0.05, 0) is 13.1 Å². The van der Waals surface area contributed by atoms with E-state index >= 15 is 0 Å². The van der Waals surface area contributed by atoms with Gasteiger partial charge < -0.3 is 10.5 Å². The quantitative estimate of drug-likeness (QED) is 0.463. The van der Waals surface area contributed by atoms with Gasteiger partial charge in [-0.2, -0.15) is 4.73 Å². The highest BCUT2D eigenvalue weighted by atomic mass is 16.5. The van der Waals surface area contributed by atoms with Crippen LogP contribution in [0.2, 0.25) is 0 Å². The van der Waals surface area contributed by atoms with Crippen LogP contribution >= 0.6 is 0 Å². The van der Waals surface area contributed by atoms with E-state index in [0.29, 0.717) is 6.54 Å². The van der Waals surface area contributed by atoms with Crippen molar-refractivity contribution in [2.45, 2.75) is 6.54 Å². The number of nitrogens with zero attached hydrogens (tertiary/aromatic N) is 1. The van der Waals surface area contributed by atoms with E-state index in [1.807, 2.05) is 13.1 Å². The molecule has 0 saturated carbocycles. The maximum Gasteiger partial charge on any atom is 0.206 e. The summed E-state index contributed by atoms with van der Waals surface area (Å²) in [5.74, 6) is 0. The molecule has 1 heterocycles. The first-order valence-electron chi connectivity index (χ1n) is 3.16. The molecule has 0 saturated heterocycles. The summed E-state index contributed by atoms with van der Waals surface area (Å²) in [4.78, 5) is 0. The second-order valence-electron chi connectivity index (χ2n) is 2.05. The number of nitrogens with one attached hydrogen (secondary N) is 1. The van der Waals surface area contributed by atoms with E-state index in [-0.39, 0.29) is 0 Å². The molecule has 0 atom stereocenters. The molecule has 0 fully saturated rings. The Bertz CT molecular complexity index is 213. The van der Waals surface area contributed by atoms with Crippen molar-refractivity contribution in [1.29, 1.82) is 0 Å². The minimum Gasteiger partial charge on any atom is -0.618 e. The molecule has 0 unspecified atom stereocenters. The van der Waals surface area contributed by atoms with Gasteiger partial charge in [0.05, 0.1) is 6.54 Å². The highest BCUT2D eigenvalue weighted by molar-refractivity contribution is 4.96. The van der Waals surface area contributed by atoms with Crippen LogP contribution in [0.15, 0.2) is 24.4 Å². The third kappa shape index (κ3) is 1.45. The Morgan fingerprint density at radius 2 is 2.40 bits per heavy atom. The highest BCUT2D eigenvalue weighted by Gasteiger charge is 1.98. The van der Waals surface area contributed by atoms with Crippen LogP contribution in [-0.2, 0) is 6.54 Å². The number of hydrogen-bond acceptors (Lipinski definition) is 2. The minimum atomic E-state index is 0.615. The average molecular weight is 138 g/mol. The van der Waals surface area contributed by atoms with Crippen LogP contribution in [0.3, 0.4) is 0 Å². The molecule has 0 bridgehead atoms. The molecule has 3 heteroatoms. The lowest BCUT2D eigenvalue weighted by molar-refractivity contribution is -0.614. The Morgan fingerprint density at radius 3 is 3.00 bits per heavy atom. The summed E-state index contributed by atoms with van der Waals surface area (Å²) in [5.41, 5.74) is 0.741. The number of rotatable bonds is 2. The van der Waals surface area contributed by atoms with E-state index in [9.17, 15) is 5.21 Å². The van der Waals surface area contributed by atoms with Gasteiger partial charge in [-0.3, -0.25) is 0 Å². The lowest BCUT2D eigenvalue weighted by Crippen LogP contribution is -2.33. The van der Waals surface area contributed by atoms with E-state index in [0.717, 1.165) is 10.4 Å². The van der Waals surface area contributed by atoms with Crippen LogP contribution in [0, 0.1) is 5.21 Å². The summed E-state index contributed by atoms with van der Waals surface area (Å²) in [7, 11) is 1.81. The first-order chi connectivity index (χ1) is 4.84. The van der Waals surface area contributed by atoms with Crippen molar-refractivity contribution in [2.24, 2.45) is 0 Å². The zero-order valence-electron chi connectivity index (χ0n) is 5.87. The van der Waals surface area contributed by atoms with Gasteiger partial charge in [-0.25, -0.2) is 0 Å². The summed E-state index contributed by atoms with van der Waals surface area (Å²) in [6.45, 7) is 0.615. The summed E-state index contributed by atoms with van der Waals surface area (Å²) >= 11 is 0. The molecule has 0 radical (unpaired) electrons. The molecule has 0 spiro atoms. The Balaban J connectivity index is 2.81. The summed E-state index contributed by atoms with van der Waals surface area (Å²) in [6.07, 6.45) is 1.49. The summed E-state index contributed by atoms with van der Waals surface area (Å²) < 4.78 is 0.858. The summed E-state index contributed by atoms with van der Waals surface area (Å²) in [5, 5.41) is 13.8. The molecule has 0 aliphatic rings. The minimum absolute atomic E-state index is 0.615. The second-order valence-corrected chi connectivity index (χ2v) is 2.05. The van der Waals surface area contributed by atoms with Crippen LogP contribution in [0.4, 0.5) is 0 Å². The Morgan fingerprint density at radius 1 is 1.60 bits per heavy atom. The third-order valence-electron chi connectivity index (χ3n) is 1.26. The van der Waals surface area contributed by atoms with Gasteiger partial charge >= 0.3 is 0 Å². The van der Waals surface area contributed by atoms with Crippen molar-refractivity contribution < 1.29 is 4.73 Å². The van der Waals surface area contributed by atoms with E-state index in [2.05, 4.69) is 5.32 Å². The predicted molar refractivity (Wildman–Crippen MR) is 38.2 cm³/mol. The number of hydrogen-bond donors (Lipinski definition) is 1. The van der Waals surface area contributed by atoms with Crippen LogP contribution in [0.5, 0.6) is 0 Å². The SMILES string of the molecule is CNCc1cccc[n+]1[O-]. The molecule has 10 heavy (non-hydrogen) atoms. The van der Waals surface area contributed by atoms with Crippen molar-refractivity contribution >= 4 is 0 Å². The van der Waals surface area contributed by atoms with E-state index in [4.69, 9.17) is 0 Å². The molecular formula is C7H10N2O. The fourth-order valence-corrected chi connectivity index (χ4v) is 0.782. The van der Waals surface area contributed by atoms with E-state index < -0.39 is 0 Å². The zero-order valence-corrected chi connectivity index (χ0v) is 5.87. The standard InChI is InChI=1S/C7H10N2O/c1-8-6-7-4-2-3-5-9(7)10/h2-5,8H,6H2,1H3. The molecule has 1 aromatic heterocycles. The fraction of sp³-hybridized carbons (Fsp3) is 0.286. The zero-order chi connectivity index (χ0) is 7.40. The largest absolute Gasteiger partial charge is 0.618 e. The monoisotopic (exact) mass is 138 g/mol. The Hall–Kier alpha value is -1.09. The van der Waals surface area contributed by atoms with Crippen molar-refractivity contribution in [1.82, 2.24) is 5.32 Å². The molecule has 0 aliphatic heterocycles. The van der Waals surface area contributed by atoms with Crippen molar-refractivity contribution in [3.05, 3.63) is 35.3 Å². The van der Waals surface area contributed by atoms with Gasteiger partial charge in [0, 0.05) is 12.1 Å². The van der Waals surface area contributed by atoms with Crippen molar-refractivity contribution in [3.63, 3.8) is 0 Å². The summed E-state index contributed by atoms with van der Waals surface area (Å²) in [6, 6.07) is 5.36. The first kappa shape index (κ1) is 7.02. The highest BCUT2D eigenvalue weighted by Crippen LogP contribution is 1.87. The number of pyridine rings is 1. The topological polar surface area (TPSA) is 39.0 Å². The average Bonchev–Trinajstić information content (AvgIpc) is 1.94. The van der Waals surface area contributed by atoms with Gasteiger partial charge in [0.2, 0.25) is 5.69 Å². The van der Waals surface area contributed by atoms with Crippen LogP contribution in [-0.4, -0.2) is 7.05 Å². The lowest BCUT2D eigenvalue weighted by atomic mass is 10.3. The van der Waals surface area contributed by atoms with Gasteiger partial charge in [-0.15, -0.1) is 0 Å². The smallest absolute Gasteiger partial charge is 0.206 e. The van der Waals surface area contributed by atoms with E-state index in [1.54, 1.807) is 12.1 Å². The van der Waals surface area contributed by atoms with Gasteiger partial charge in [-0.1, -0.05) is 0 Å². The lowest BCUT2D eigenvalue weighted by Gasteiger charge is -2.01. The molecule has 0 aromatic carbocycles. The van der Waals surface area contributed by atoms with Crippen molar-refractivity contribution in [3.8, 4) is 0 Å². The molecular weight excluding hydrogens is 128 g/mol. The molecule has 1 rings (SSSR count). The van der Waals surface area contributed by atoms with Crippen LogP contribution in [0.25, 0.3) is 0 Å². The second kappa shape index (κ2) is 3.17. The normalized spacial score (nSPS) is 9.70. The maximum absolute atomic E-state index is 10.9. The molecule has 1 aromatic rings. The van der Waals surface area contributed by atoms with E-state index in [1.165, 1.54) is 6.20 Å². The van der Waals surface area contributed by atoms with Gasteiger partial charge in [0.1, 0.15) is 0 Å².